The van der Waals surface area contributed by atoms with Crippen LogP contribution in [0, 0.1) is 5.92 Å². The highest BCUT2D eigenvalue weighted by molar-refractivity contribution is 6.31. The molecule has 0 spiro atoms. The van der Waals surface area contributed by atoms with E-state index in [-0.39, 0.29) is 5.91 Å². The van der Waals surface area contributed by atoms with Crippen LogP contribution in [-0.4, -0.2) is 31.6 Å². The Bertz CT molecular complexity index is 490. The lowest BCUT2D eigenvalue weighted by molar-refractivity contribution is -0.119. The number of fused-ring (bicyclic) bond motifs is 1. The first-order chi connectivity index (χ1) is 9.45. The molecule has 1 aromatic rings. The monoisotopic (exact) mass is 295 g/mol. The second-order valence-corrected chi connectivity index (χ2v) is 6.22. The van der Waals surface area contributed by atoms with Gasteiger partial charge in [0.05, 0.1) is 17.9 Å². The maximum Gasteiger partial charge on any atom is 0.239 e. The SMILES string of the molecule is CC(C)CNC(=O)CN1CC(C)Nc2cc(Cl)ccc21. The number of carbonyl (C=O) groups is 1. The average molecular weight is 296 g/mol. The second-order valence-electron chi connectivity index (χ2n) is 5.79. The van der Waals surface area contributed by atoms with Crippen LogP contribution in [0.25, 0.3) is 0 Å². The molecule has 0 aliphatic carbocycles. The number of halogens is 1. The molecule has 5 heteroatoms. The van der Waals surface area contributed by atoms with Gasteiger partial charge in [0, 0.05) is 24.2 Å². The molecule has 1 aliphatic heterocycles. The van der Waals surface area contributed by atoms with Crippen LogP contribution in [0.2, 0.25) is 5.02 Å². The van der Waals surface area contributed by atoms with E-state index in [1.165, 1.54) is 0 Å². The molecule has 0 aromatic heterocycles. The first-order valence-corrected chi connectivity index (χ1v) is 7.41. The summed E-state index contributed by atoms with van der Waals surface area (Å²) < 4.78 is 0. The summed E-state index contributed by atoms with van der Waals surface area (Å²) in [6.45, 7) is 8.18. The molecular weight excluding hydrogens is 274 g/mol. The molecule has 1 aromatic carbocycles. The van der Waals surface area contributed by atoms with Gasteiger partial charge in [0.15, 0.2) is 0 Å². The molecule has 0 bridgehead atoms. The first kappa shape index (κ1) is 15.0. The molecule has 1 unspecified atom stereocenters. The summed E-state index contributed by atoms with van der Waals surface area (Å²) >= 11 is 6.02. The van der Waals surface area contributed by atoms with Crippen LogP contribution in [-0.2, 0) is 4.79 Å². The lowest BCUT2D eigenvalue weighted by Crippen LogP contribution is -2.45. The highest BCUT2D eigenvalue weighted by Gasteiger charge is 2.22. The van der Waals surface area contributed by atoms with Gasteiger partial charge in [0.2, 0.25) is 5.91 Å². The van der Waals surface area contributed by atoms with Crippen molar-refractivity contribution in [2.45, 2.75) is 26.8 Å². The maximum atomic E-state index is 12.0. The van der Waals surface area contributed by atoms with E-state index < -0.39 is 0 Å². The predicted molar refractivity (Wildman–Crippen MR) is 84.6 cm³/mol. The van der Waals surface area contributed by atoms with E-state index in [9.17, 15) is 4.79 Å². The summed E-state index contributed by atoms with van der Waals surface area (Å²) in [5, 5.41) is 7.06. The van der Waals surface area contributed by atoms with E-state index >= 15 is 0 Å². The third-order valence-electron chi connectivity index (χ3n) is 3.24. The van der Waals surface area contributed by atoms with E-state index in [1.54, 1.807) is 0 Å². The molecule has 2 rings (SSSR count). The van der Waals surface area contributed by atoms with E-state index in [4.69, 9.17) is 11.6 Å². The van der Waals surface area contributed by atoms with Crippen molar-refractivity contribution in [2.75, 3.05) is 29.9 Å². The van der Waals surface area contributed by atoms with Crippen LogP contribution in [0.1, 0.15) is 20.8 Å². The zero-order valence-electron chi connectivity index (χ0n) is 12.2. The van der Waals surface area contributed by atoms with Gasteiger partial charge in [0.1, 0.15) is 0 Å². The summed E-state index contributed by atoms with van der Waals surface area (Å²) in [6.07, 6.45) is 0. The van der Waals surface area contributed by atoms with Gasteiger partial charge in [-0.25, -0.2) is 0 Å². The van der Waals surface area contributed by atoms with Crippen molar-refractivity contribution < 1.29 is 4.79 Å². The van der Waals surface area contributed by atoms with Crippen LogP contribution in [0.5, 0.6) is 0 Å². The highest BCUT2D eigenvalue weighted by atomic mass is 35.5. The Labute approximate surface area is 125 Å². The standard InChI is InChI=1S/C15H22ClN3O/c1-10(2)7-17-15(20)9-19-8-11(3)18-13-6-12(16)4-5-14(13)19/h4-6,10-11,18H,7-9H2,1-3H3,(H,17,20). The Hall–Kier alpha value is -1.42. The van der Waals surface area contributed by atoms with E-state index in [0.717, 1.165) is 17.9 Å². The van der Waals surface area contributed by atoms with Crippen molar-refractivity contribution >= 4 is 28.9 Å². The fourth-order valence-electron chi connectivity index (χ4n) is 2.34. The molecule has 0 radical (unpaired) electrons. The number of benzene rings is 1. The van der Waals surface area contributed by atoms with Gasteiger partial charge in [-0.3, -0.25) is 4.79 Å². The molecule has 20 heavy (non-hydrogen) atoms. The van der Waals surface area contributed by atoms with Crippen molar-refractivity contribution in [3.05, 3.63) is 23.2 Å². The number of carbonyl (C=O) groups excluding carboxylic acids is 1. The normalized spacial score (nSPS) is 17.6. The van der Waals surface area contributed by atoms with Crippen molar-refractivity contribution in [3.63, 3.8) is 0 Å². The minimum Gasteiger partial charge on any atom is -0.379 e. The number of anilines is 2. The fraction of sp³-hybridized carbons (Fsp3) is 0.533. The number of hydrogen-bond donors (Lipinski definition) is 2. The van der Waals surface area contributed by atoms with Crippen LogP contribution in [0.3, 0.4) is 0 Å². The third-order valence-corrected chi connectivity index (χ3v) is 3.47. The number of amides is 1. The summed E-state index contributed by atoms with van der Waals surface area (Å²) in [4.78, 5) is 14.1. The smallest absolute Gasteiger partial charge is 0.239 e. The minimum atomic E-state index is 0.0636. The molecule has 1 aliphatic rings. The molecular formula is C15H22ClN3O. The first-order valence-electron chi connectivity index (χ1n) is 7.03. The summed E-state index contributed by atoms with van der Waals surface area (Å²) in [5.74, 6) is 0.528. The Morgan fingerprint density at radius 2 is 2.30 bits per heavy atom. The minimum absolute atomic E-state index is 0.0636. The van der Waals surface area contributed by atoms with Gasteiger partial charge < -0.3 is 15.5 Å². The Balaban J connectivity index is 2.07. The average Bonchev–Trinajstić information content (AvgIpc) is 2.35. The van der Waals surface area contributed by atoms with Crippen molar-refractivity contribution in [1.82, 2.24) is 5.32 Å². The summed E-state index contributed by atoms with van der Waals surface area (Å²) in [5.41, 5.74) is 2.03. The van der Waals surface area contributed by atoms with E-state index in [1.807, 2.05) is 18.2 Å². The van der Waals surface area contributed by atoms with Crippen LogP contribution >= 0.6 is 11.6 Å². The van der Waals surface area contributed by atoms with Crippen molar-refractivity contribution in [1.29, 1.82) is 0 Å². The topological polar surface area (TPSA) is 44.4 Å². The molecule has 1 heterocycles. The summed E-state index contributed by atoms with van der Waals surface area (Å²) in [6, 6.07) is 6.02. The predicted octanol–water partition coefficient (Wildman–Crippen LogP) is 2.73. The Morgan fingerprint density at radius 1 is 1.55 bits per heavy atom. The summed E-state index contributed by atoms with van der Waals surface area (Å²) in [7, 11) is 0. The van der Waals surface area contributed by atoms with E-state index in [2.05, 4.69) is 36.3 Å². The van der Waals surface area contributed by atoms with Crippen LogP contribution in [0.15, 0.2) is 18.2 Å². The van der Waals surface area contributed by atoms with Crippen molar-refractivity contribution in [2.24, 2.45) is 5.92 Å². The lowest BCUT2D eigenvalue weighted by atomic mass is 10.1. The molecule has 4 nitrogen and oxygen atoms in total. The van der Waals surface area contributed by atoms with Gasteiger partial charge in [-0.2, -0.15) is 0 Å². The molecule has 110 valence electrons. The fourth-order valence-corrected chi connectivity index (χ4v) is 2.51. The largest absolute Gasteiger partial charge is 0.379 e. The third kappa shape index (κ3) is 3.79. The molecule has 0 saturated carbocycles. The molecule has 1 amide bonds. The Morgan fingerprint density at radius 3 is 3.00 bits per heavy atom. The number of rotatable bonds is 4. The molecule has 2 N–H and O–H groups in total. The highest BCUT2D eigenvalue weighted by Crippen LogP contribution is 2.32. The van der Waals surface area contributed by atoms with Gasteiger partial charge >= 0.3 is 0 Å². The van der Waals surface area contributed by atoms with E-state index in [0.29, 0.717) is 30.1 Å². The van der Waals surface area contributed by atoms with Gasteiger partial charge in [-0.05, 0) is 31.0 Å². The number of nitrogens with one attached hydrogen (secondary N) is 2. The molecule has 1 atom stereocenters. The van der Waals surface area contributed by atoms with Gasteiger partial charge in [-0.1, -0.05) is 25.4 Å². The van der Waals surface area contributed by atoms with Crippen molar-refractivity contribution in [3.8, 4) is 0 Å². The Kier molecular flexibility index (Phi) is 4.76. The quantitative estimate of drug-likeness (QED) is 0.898. The van der Waals surface area contributed by atoms with Crippen LogP contribution in [0.4, 0.5) is 11.4 Å². The maximum absolute atomic E-state index is 12.0. The molecule has 0 saturated heterocycles. The number of nitrogens with zero attached hydrogens (tertiary/aromatic N) is 1. The zero-order chi connectivity index (χ0) is 14.7. The lowest BCUT2D eigenvalue weighted by Gasteiger charge is -2.35. The van der Waals surface area contributed by atoms with Crippen LogP contribution < -0.4 is 15.5 Å². The molecule has 0 fully saturated rings. The van der Waals surface area contributed by atoms with Gasteiger partial charge in [-0.15, -0.1) is 0 Å². The van der Waals surface area contributed by atoms with Gasteiger partial charge in [0.25, 0.3) is 0 Å². The second kappa shape index (κ2) is 6.35. The number of hydrogen-bond acceptors (Lipinski definition) is 3. The zero-order valence-corrected chi connectivity index (χ0v) is 13.0.